The second-order valence-corrected chi connectivity index (χ2v) is 8.34. The first kappa shape index (κ1) is 30.8. The van der Waals surface area contributed by atoms with Gasteiger partial charge in [-0.05, 0) is 23.6 Å². The summed E-state index contributed by atoms with van der Waals surface area (Å²) in [5, 5.41) is 37.0. The fourth-order valence-electron chi connectivity index (χ4n) is 3.18. The number of hydrogen-bond donors (Lipinski definition) is 8. The molecule has 1 aromatic rings. The fourth-order valence-corrected chi connectivity index (χ4v) is 3.18. The van der Waals surface area contributed by atoms with E-state index in [4.69, 9.17) is 10.8 Å². The van der Waals surface area contributed by atoms with Crippen molar-refractivity contribution in [3.8, 4) is 5.75 Å². The molecular weight excluding hydrogens is 490 g/mol. The van der Waals surface area contributed by atoms with Crippen LogP contribution in [0.2, 0.25) is 0 Å². The number of nitrogens with two attached hydrogens (primary N) is 1. The van der Waals surface area contributed by atoms with Crippen LogP contribution in [0.5, 0.6) is 5.75 Å². The van der Waals surface area contributed by atoms with Gasteiger partial charge in [0.25, 0.3) is 0 Å². The fraction of sp³-hybridized carbons (Fsp3) is 0.478. The van der Waals surface area contributed by atoms with Gasteiger partial charge in [-0.1, -0.05) is 32.4 Å². The Morgan fingerprint density at radius 2 is 1.49 bits per heavy atom. The number of carboxylic acids is 2. The molecule has 0 saturated carbocycles. The molecule has 0 heterocycles. The zero-order valence-corrected chi connectivity index (χ0v) is 20.5. The molecule has 0 saturated heterocycles. The van der Waals surface area contributed by atoms with Gasteiger partial charge in [0.15, 0.2) is 0 Å². The molecule has 1 aromatic carbocycles. The highest BCUT2D eigenvalue weighted by Crippen LogP contribution is 2.12. The molecule has 0 aliphatic rings. The molecule has 37 heavy (non-hydrogen) atoms. The number of benzene rings is 1. The number of rotatable bonds is 15. The van der Waals surface area contributed by atoms with Gasteiger partial charge in [-0.3, -0.25) is 24.0 Å². The maximum Gasteiger partial charge on any atom is 0.326 e. The molecule has 0 radical (unpaired) electrons. The van der Waals surface area contributed by atoms with Gasteiger partial charge in [-0.25, -0.2) is 4.79 Å². The summed E-state index contributed by atoms with van der Waals surface area (Å²) in [6.07, 6.45) is -0.385. The number of phenolic OH excluding ortho intramolecular Hbond substituents is 1. The number of aliphatic carboxylic acids is 2. The van der Waals surface area contributed by atoms with E-state index in [1.165, 1.54) is 24.3 Å². The number of carbonyl (C=O) groups is 6. The number of amides is 4. The van der Waals surface area contributed by atoms with E-state index in [9.17, 15) is 39.0 Å². The largest absolute Gasteiger partial charge is 0.508 e. The van der Waals surface area contributed by atoms with E-state index in [1.807, 2.05) is 0 Å². The Balaban J connectivity index is 2.82. The minimum atomic E-state index is -1.48. The normalized spacial score (nSPS) is 13.8. The van der Waals surface area contributed by atoms with Gasteiger partial charge in [0.1, 0.15) is 23.9 Å². The molecule has 0 bridgehead atoms. The van der Waals surface area contributed by atoms with Crippen LogP contribution in [0.4, 0.5) is 0 Å². The van der Waals surface area contributed by atoms with Crippen LogP contribution in [0.3, 0.4) is 0 Å². The molecule has 0 aliphatic carbocycles. The van der Waals surface area contributed by atoms with Crippen LogP contribution in [0, 0.1) is 5.92 Å². The van der Waals surface area contributed by atoms with Crippen molar-refractivity contribution in [1.82, 2.24) is 21.3 Å². The molecule has 204 valence electrons. The van der Waals surface area contributed by atoms with Crippen molar-refractivity contribution in [2.24, 2.45) is 11.7 Å². The van der Waals surface area contributed by atoms with Crippen LogP contribution in [0.25, 0.3) is 0 Å². The predicted molar refractivity (Wildman–Crippen MR) is 129 cm³/mol. The Kier molecular flexibility index (Phi) is 12.5. The maximum atomic E-state index is 12.8. The summed E-state index contributed by atoms with van der Waals surface area (Å²) in [6, 6.07) is 1.81. The van der Waals surface area contributed by atoms with Crippen LogP contribution in [0.15, 0.2) is 24.3 Å². The lowest BCUT2D eigenvalue weighted by Gasteiger charge is -2.26. The highest BCUT2D eigenvalue weighted by atomic mass is 16.4. The summed E-state index contributed by atoms with van der Waals surface area (Å²) in [4.78, 5) is 72.0. The van der Waals surface area contributed by atoms with Crippen LogP contribution < -0.4 is 27.0 Å². The molecule has 0 aromatic heterocycles. The van der Waals surface area contributed by atoms with Gasteiger partial charge in [0.2, 0.25) is 23.6 Å². The average Bonchev–Trinajstić information content (AvgIpc) is 2.85. The summed E-state index contributed by atoms with van der Waals surface area (Å²) in [5.74, 6) is -6.35. The summed E-state index contributed by atoms with van der Waals surface area (Å²) in [6.45, 7) is 2.32. The Morgan fingerprint density at radius 1 is 0.892 bits per heavy atom. The van der Waals surface area contributed by atoms with Crippen molar-refractivity contribution >= 4 is 35.6 Å². The molecule has 0 fully saturated rings. The molecule has 4 atom stereocenters. The van der Waals surface area contributed by atoms with E-state index in [-0.39, 0.29) is 12.2 Å². The lowest BCUT2D eigenvalue weighted by Crippen LogP contribution is -2.57. The van der Waals surface area contributed by atoms with Crippen molar-refractivity contribution in [2.45, 2.75) is 51.2 Å². The molecule has 14 nitrogen and oxygen atoms in total. The van der Waals surface area contributed by atoms with E-state index in [0.717, 1.165) is 0 Å². The van der Waals surface area contributed by atoms with Crippen molar-refractivity contribution in [3.05, 3.63) is 29.8 Å². The maximum absolute atomic E-state index is 12.8. The van der Waals surface area contributed by atoms with Crippen LogP contribution in [-0.4, -0.2) is 82.1 Å². The molecule has 4 amide bonds. The summed E-state index contributed by atoms with van der Waals surface area (Å²) in [5.41, 5.74) is 5.75. The first-order chi connectivity index (χ1) is 17.4. The Hall–Kier alpha value is -4.20. The summed E-state index contributed by atoms with van der Waals surface area (Å²) < 4.78 is 0. The highest BCUT2D eigenvalue weighted by Gasteiger charge is 2.31. The van der Waals surface area contributed by atoms with E-state index >= 15 is 0 Å². The molecule has 9 N–H and O–H groups in total. The number of hydrogen-bond acceptors (Lipinski definition) is 8. The number of phenols is 1. The molecule has 0 aliphatic heterocycles. The van der Waals surface area contributed by atoms with Crippen LogP contribution in [0.1, 0.15) is 32.3 Å². The van der Waals surface area contributed by atoms with Crippen LogP contribution >= 0.6 is 0 Å². The average molecular weight is 524 g/mol. The third kappa shape index (κ3) is 10.9. The number of carboxylic acid groups (broad SMARTS) is 2. The van der Waals surface area contributed by atoms with Gasteiger partial charge in [-0.15, -0.1) is 0 Å². The van der Waals surface area contributed by atoms with Crippen molar-refractivity contribution in [3.63, 3.8) is 0 Å². The number of aromatic hydroxyl groups is 1. The third-order valence-corrected chi connectivity index (χ3v) is 5.44. The van der Waals surface area contributed by atoms with Gasteiger partial charge in [-0.2, -0.15) is 0 Å². The Bertz CT molecular complexity index is 983. The lowest BCUT2D eigenvalue weighted by molar-refractivity contribution is -0.141. The van der Waals surface area contributed by atoms with Gasteiger partial charge < -0.3 is 42.3 Å². The van der Waals surface area contributed by atoms with E-state index in [2.05, 4.69) is 21.3 Å². The first-order valence-corrected chi connectivity index (χ1v) is 11.5. The standard InChI is InChI=1S/C23H33N5O9/c1-3-12(2)20(28-21(34)15(9-19(32)33)26-17(30)10-24)22(35)25-11-18(31)27-16(23(36)37)8-13-4-6-14(29)7-5-13/h4-7,12,15-16,20,29H,3,8-11,24H2,1-2H3,(H,25,35)(H,26,30)(H,27,31)(H,28,34)(H,32,33)(H,36,37)/t12-,15-,16-,20-/m0/s1. The molecule has 0 unspecified atom stereocenters. The van der Waals surface area contributed by atoms with Crippen molar-refractivity contribution in [1.29, 1.82) is 0 Å². The zero-order valence-electron chi connectivity index (χ0n) is 20.5. The second-order valence-electron chi connectivity index (χ2n) is 8.34. The molecule has 1 rings (SSSR count). The molecular formula is C23H33N5O9. The summed E-state index contributed by atoms with van der Waals surface area (Å²) >= 11 is 0. The number of carbonyl (C=O) groups excluding carboxylic acids is 4. The quantitative estimate of drug-likeness (QED) is 0.127. The Labute approximate surface area is 213 Å². The van der Waals surface area contributed by atoms with Gasteiger partial charge >= 0.3 is 11.9 Å². The van der Waals surface area contributed by atoms with E-state index in [1.54, 1.807) is 13.8 Å². The second kappa shape index (κ2) is 15.0. The SMILES string of the molecule is CC[C@H](C)[C@H](NC(=O)[C@H](CC(=O)O)NC(=O)CN)C(=O)NCC(=O)N[C@@H](Cc1ccc(O)cc1)C(=O)O. The highest BCUT2D eigenvalue weighted by molar-refractivity contribution is 5.95. The van der Waals surface area contributed by atoms with Gasteiger partial charge in [0, 0.05) is 6.42 Å². The van der Waals surface area contributed by atoms with E-state index in [0.29, 0.717) is 12.0 Å². The zero-order chi connectivity index (χ0) is 28.1. The van der Waals surface area contributed by atoms with Crippen molar-refractivity contribution in [2.75, 3.05) is 13.1 Å². The minimum Gasteiger partial charge on any atom is -0.508 e. The lowest BCUT2D eigenvalue weighted by atomic mass is 9.97. The smallest absolute Gasteiger partial charge is 0.326 e. The molecule has 14 heteroatoms. The van der Waals surface area contributed by atoms with Gasteiger partial charge in [0.05, 0.1) is 19.5 Å². The Morgan fingerprint density at radius 3 is 2.00 bits per heavy atom. The van der Waals surface area contributed by atoms with Crippen molar-refractivity contribution < 1.29 is 44.1 Å². The monoisotopic (exact) mass is 523 g/mol. The van der Waals surface area contributed by atoms with E-state index < -0.39 is 79.1 Å². The summed E-state index contributed by atoms with van der Waals surface area (Å²) in [7, 11) is 0. The van der Waals surface area contributed by atoms with Crippen LogP contribution in [-0.2, 0) is 35.2 Å². The first-order valence-electron chi connectivity index (χ1n) is 11.5. The topological polar surface area (TPSA) is 237 Å². The third-order valence-electron chi connectivity index (χ3n) is 5.44. The predicted octanol–water partition coefficient (Wildman–Crippen LogP) is -1.93. The number of nitrogens with one attached hydrogen (secondary N) is 4. The minimum absolute atomic E-state index is 0.00127. The molecule has 0 spiro atoms.